The van der Waals surface area contributed by atoms with Gasteiger partial charge in [0.2, 0.25) is 12.5 Å². The number of benzene rings is 2. The number of quaternary nitrogens is 1. The van der Waals surface area contributed by atoms with Gasteiger partial charge in [-0.3, -0.25) is 0 Å². The smallest absolute Gasteiger partial charge is 0.343 e. The van der Waals surface area contributed by atoms with Crippen LogP contribution in [-0.2, 0) is 11.2 Å². The monoisotopic (exact) mass is 428 g/mol. The lowest BCUT2D eigenvalue weighted by Gasteiger charge is -2.45. The van der Waals surface area contributed by atoms with Crippen LogP contribution in [0.1, 0.15) is 39.2 Å². The fourth-order valence-electron chi connectivity index (χ4n) is 5.09. The van der Waals surface area contributed by atoms with Gasteiger partial charge in [0.05, 0.1) is 47.5 Å². The molecule has 31 heavy (non-hydrogen) atoms. The number of hydrogen-bond donors (Lipinski definition) is 0. The van der Waals surface area contributed by atoms with Gasteiger partial charge in [-0.2, -0.15) is 0 Å². The Labute approximate surface area is 180 Å². The third-order valence-corrected chi connectivity index (χ3v) is 6.56. The molecular formula is C23H26NO7+. The van der Waals surface area contributed by atoms with Gasteiger partial charge in [0, 0.05) is 12.0 Å². The zero-order valence-electron chi connectivity index (χ0n) is 18.3. The van der Waals surface area contributed by atoms with Crippen LogP contribution in [0.25, 0.3) is 0 Å². The van der Waals surface area contributed by atoms with E-state index < -0.39 is 12.1 Å². The minimum Gasteiger partial charge on any atom is -0.493 e. The number of rotatable bonds is 4. The van der Waals surface area contributed by atoms with Gasteiger partial charge < -0.3 is 32.9 Å². The van der Waals surface area contributed by atoms with Gasteiger partial charge in [-0.25, -0.2) is 4.79 Å². The van der Waals surface area contributed by atoms with E-state index in [2.05, 4.69) is 14.1 Å². The SMILES string of the molecule is COc1ccc2c(c1OC)C(=O)OC2C1c2c(cc3c(c2OC)OCO3)CC[N+]1(C)C. The Balaban J connectivity index is 1.72. The number of esters is 1. The highest BCUT2D eigenvalue weighted by atomic mass is 16.7. The van der Waals surface area contributed by atoms with Gasteiger partial charge >= 0.3 is 5.97 Å². The van der Waals surface area contributed by atoms with E-state index in [0.717, 1.165) is 29.7 Å². The Morgan fingerprint density at radius 3 is 2.52 bits per heavy atom. The van der Waals surface area contributed by atoms with Crippen LogP contribution in [0.15, 0.2) is 18.2 Å². The van der Waals surface area contributed by atoms with E-state index in [4.69, 9.17) is 28.4 Å². The molecular weight excluding hydrogens is 402 g/mol. The van der Waals surface area contributed by atoms with Crippen molar-refractivity contribution in [1.82, 2.24) is 0 Å². The molecule has 2 atom stereocenters. The van der Waals surface area contributed by atoms with Crippen LogP contribution < -0.4 is 23.7 Å². The van der Waals surface area contributed by atoms with Crippen LogP contribution in [0.2, 0.25) is 0 Å². The van der Waals surface area contributed by atoms with E-state index >= 15 is 0 Å². The number of methoxy groups -OCH3 is 3. The molecule has 0 fully saturated rings. The largest absolute Gasteiger partial charge is 0.493 e. The quantitative estimate of drug-likeness (QED) is 0.548. The number of likely N-dealkylation sites (N-methyl/N-ethyl adjacent to an activating group) is 1. The number of fused-ring (bicyclic) bond motifs is 3. The molecule has 0 saturated heterocycles. The summed E-state index contributed by atoms with van der Waals surface area (Å²) in [7, 11) is 8.99. The molecule has 2 unspecified atom stereocenters. The first-order chi connectivity index (χ1) is 14.9. The average molecular weight is 428 g/mol. The molecule has 0 saturated carbocycles. The number of carbonyl (C=O) groups excluding carboxylic acids is 1. The Kier molecular flexibility index (Phi) is 4.44. The number of hydrogen-bond acceptors (Lipinski definition) is 7. The van der Waals surface area contributed by atoms with Crippen LogP contribution >= 0.6 is 0 Å². The van der Waals surface area contributed by atoms with E-state index in [1.807, 2.05) is 18.2 Å². The van der Waals surface area contributed by atoms with Gasteiger partial charge in [0.1, 0.15) is 5.56 Å². The summed E-state index contributed by atoms with van der Waals surface area (Å²) in [6, 6.07) is 5.53. The molecule has 8 heteroatoms. The summed E-state index contributed by atoms with van der Waals surface area (Å²) in [5, 5.41) is 0. The van der Waals surface area contributed by atoms with Crippen molar-refractivity contribution in [3.05, 3.63) is 40.5 Å². The average Bonchev–Trinajstić information content (AvgIpc) is 3.35. The van der Waals surface area contributed by atoms with Gasteiger partial charge in [-0.15, -0.1) is 0 Å². The summed E-state index contributed by atoms with van der Waals surface area (Å²) in [6.07, 6.45) is 0.344. The van der Waals surface area contributed by atoms with Crippen LogP contribution in [0.3, 0.4) is 0 Å². The zero-order valence-corrected chi connectivity index (χ0v) is 18.3. The highest BCUT2D eigenvalue weighted by Gasteiger charge is 2.51. The molecule has 3 aliphatic rings. The molecule has 0 N–H and O–H groups in total. The fraction of sp³-hybridized carbons (Fsp3) is 0.435. The van der Waals surface area contributed by atoms with Gasteiger partial charge in [-0.05, 0) is 17.7 Å². The summed E-state index contributed by atoms with van der Waals surface area (Å²) in [6.45, 7) is 1.03. The van der Waals surface area contributed by atoms with Crippen molar-refractivity contribution in [1.29, 1.82) is 0 Å². The van der Waals surface area contributed by atoms with Crippen LogP contribution in [0, 0.1) is 0 Å². The first-order valence-corrected chi connectivity index (χ1v) is 10.2. The standard InChI is InChI=1S/C23H26NO7/c1-24(2)9-8-12-10-15-21(30-11-29-15)22(28-5)16(12)18(24)19-13-6-7-14(26-3)20(27-4)17(13)23(25)31-19/h6-7,10,18-19H,8-9,11H2,1-5H3/q+1. The molecule has 5 rings (SSSR count). The fourth-order valence-corrected chi connectivity index (χ4v) is 5.09. The molecule has 0 bridgehead atoms. The maximum absolute atomic E-state index is 13.0. The van der Waals surface area contributed by atoms with Crippen molar-refractivity contribution in [2.45, 2.75) is 18.6 Å². The van der Waals surface area contributed by atoms with E-state index in [9.17, 15) is 4.79 Å². The minimum absolute atomic E-state index is 0.162. The van der Waals surface area contributed by atoms with Gasteiger partial charge in [-0.1, -0.05) is 6.07 Å². The Morgan fingerprint density at radius 2 is 1.81 bits per heavy atom. The topological polar surface area (TPSA) is 72.5 Å². The lowest BCUT2D eigenvalue weighted by Crippen LogP contribution is -2.50. The molecule has 2 aromatic carbocycles. The summed E-state index contributed by atoms with van der Waals surface area (Å²) in [5.74, 6) is 2.42. The second-order valence-corrected chi connectivity index (χ2v) is 8.50. The minimum atomic E-state index is -0.509. The predicted octanol–water partition coefficient (Wildman–Crippen LogP) is 3.03. The van der Waals surface area contributed by atoms with Gasteiger partial charge in [0.25, 0.3) is 0 Å². The second-order valence-electron chi connectivity index (χ2n) is 8.50. The molecule has 0 amide bonds. The number of nitrogens with zero attached hydrogens (tertiary/aromatic N) is 1. The molecule has 0 aromatic heterocycles. The highest BCUT2D eigenvalue weighted by molar-refractivity contribution is 5.98. The van der Waals surface area contributed by atoms with Gasteiger partial charge in [0.15, 0.2) is 35.1 Å². The van der Waals surface area contributed by atoms with Crippen LogP contribution in [0.4, 0.5) is 0 Å². The molecule has 0 aliphatic carbocycles. The molecule has 164 valence electrons. The van der Waals surface area contributed by atoms with E-state index in [1.54, 1.807) is 14.2 Å². The summed E-state index contributed by atoms with van der Waals surface area (Å²) in [4.78, 5) is 13.0. The Bertz CT molecular complexity index is 1080. The number of ether oxygens (including phenoxy) is 6. The van der Waals surface area contributed by atoms with Crippen molar-refractivity contribution < 1.29 is 37.7 Å². The Hall–Kier alpha value is -3.13. The molecule has 0 radical (unpaired) electrons. The maximum Gasteiger partial charge on any atom is 0.343 e. The van der Waals surface area contributed by atoms with E-state index in [1.165, 1.54) is 7.11 Å². The molecule has 3 aliphatic heterocycles. The van der Waals surface area contributed by atoms with Crippen LogP contribution in [0.5, 0.6) is 28.7 Å². The van der Waals surface area contributed by atoms with Crippen molar-refractivity contribution in [3.63, 3.8) is 0 Å². The summed E-state index contributed by atoms with van der Waals surface area (Å²) >= 11 is 0. The molecule has 3 heterocycles. The number of carbonyl (C=O) groups is 1. The highest BCUT2D eigenvalue weighted by Crippen LogP contribution is 2.56. The number of cyclic esters (lactones) is 1. The van der Waals surface area contributed by atoms with E-state index in [-0.39, 0.29) is 12.8 Å². The lowest BCUT2D eigenvalue weighted by molar-refractivity contribution is -0.927. The normalized spacial score (nSPS) is 22.4. The molecule has 0 spiro atoms. The van der Waals surface area contributed by atoms with Crippen molar-refractivity contribution in [2.75, 3.05) is 48.8 Å². The second kappa shape index (κ2) is 6.95. The maximum atomic E-state index is 13.0. The summed E-state index contributed by atoms with van der Waals surface area (Å²) in [5.41, 5.74) is 3.31. The molecule has 8 nitrogen and oxygen atoms in total. The van der Waals surface area contributed by atoms with Crippen LogP contribution in [-0.4, -0.2) is 59.2 Å². The predicted molar refractivity (Wildman–Crippen MR) is 110 cm³/mol. The first-order valence-electron chi connectivity index (χ1n) is 10.2. The third kappa shape index (κ3) is 2.74. The van der Waals surface area contributed by atoms with Crippen molar-refractivity contribution in [3.8, 4) is 28.7 Å². The van der Waals surface area contributed by atoms with Crippen molar-refractivity contribution in [2.24, 2.45) is 0 Å². The molecule has 2 aromatic rings. The summed E-state index contributed by atoms with van der Waals surface area (Å²) < 4.78 is 34.7. The third-order valence-electron chi connectivity index (χ3n) is 6.56. The lowest BCUT2D eigenvalue weighted by atomic mass is 9.84. The Morgan fingerprint density at radius 1 is 1.03 bits per heavy atom. The van der Waals surface area contributed by atoms with Crippen molar-refractivity contribution >= 4 is 5.97 Å². The first kappa shape index (κ1) is 19.8. The van der Waals surface area contributed by atoms with E-state index in [0.29, 0.717) is 38.8 Å². The zero-order chi connectivity index (χ0) is 21.9.